The van der Waals surface area contributed by atoms with E-state index >= 15 is 0 Å². The van der Waals surface area contributed by atoms with Gasteiger partial charge in [0, 0.05) is 11.1 Å². The number of amides is 1. The van der Waals surface area contributed by atoms with E-state index in [0.29, 0.717) is 11.0 Å². The Morgan fingerprint density at radius 3 is 2.67 bits per heavy atom. The number of hydrogen-bond donors (Lipinski definition) is 1. The first-order valence-electron chi connectivity index (χ1n) is 8.78. The van der Waals surface area contributed by atoms with Gasteiger partial charge in [0.15, 0.2) is 10.8 Å². The first-order chi connectivity index (χ1) is 13.1. The molecular formula is C20H19N5OS. The maximum Gasteiger partial charge on any atom is 0.234 e. The molecule has 2 heterocycles. The molecule has 1 N–H and O–H groups in total. The van der Waals surface area contributed by atoms with Gasteiger partial charge in [0.2, 0.25) is 5.91 Å². The number of aryl methyl sites for hydroxylation is 2. The zero-order chi connectivity index (χ0) is 18.8. The van der Waals surface area contributed by atoms with Crippen molar-refractivity contribution >= 4 is 39.9 Å². The number of carbonyl (C=O) groups excluding carboxylic acids is 1. The zero-order valence-corrected chi connectivity index (χ0v) is 16.0. The van der Waals surface area contributed by atoms with Crippen LogP contribution in [0.5, 0.6) is 0 Å². The number of carbonyl (C=O) groups is 1. The molecule has 136 valence electrons. The van der Waals surface area contributed by atoms with Crippen LogP contribution in [-0.2, 0) is 11.2 Å². The van der Waals surface area contributed by atoms with Gasteiger partial charge >= 0.3 is 0 Å². The summed E-state index contributed by atoms with van der Waals surface area (Å²) in [5.74, 6) is 0.842. The average molecular weight is 377 g/mol. The summed E-state index contributed by atoms with van der Waals surface area (Å²) in [6, 6.07) is 15.7. The Labute approximate surface area is 161 Å². The molecule has 1 amide bonds. The molecule has 0 atom stereocenters. The smallest absolute Gasteiger partial charge is 0.234 e. The van der Waals surface area contributed by atoms with Gasteiger partial charge in [-0.15, -0.1) is 5.10 Å². The predicted octanol–water partition coefficient (Wildman–Crippen LogP) is 3.88. The van der Waals surface area contributed by atoms with E-state index in [9.17, 15) is 4.79 Å². The molecule has 0 saturated carbocycles. The lowest BCUT2D eigenvalue weighted by Crippen LogP contribution is -2.14. The van der Waals surface area contributed by atoms with Crippen LogP contribution in [0.3, 0.4) is 0 Å². The van der Waals surface area contributed by atoms with Gasteiger partial charge in [0.25, 0.3) is 0 Å². The Morgan fingerprint density at radius 1 is 1.11 bits per heavy atom. The van der Waals surface area contributed by atoms with Crippen molar-refractivity contribution in [2.24, 2.45) is 0 Å². The van der Waals surface area contributed by atoms with Crippen molar-refractivity contribution in [1.82, 2.24) is 19.6 Å². The normalized spacial score (nSPS) is 11.2. The van der Waals surface area contributed by atoms with Crippen molar-refractivity contribution in [2.75, 3.05) is 11.1 Å². The molecule has 6 nitrogen and oxygen atoms in total. The summed E-state index contributed by atoms with van der Waals surface area (Å²) in [6.07, 6.45) is 0.977. The highest BCUT2D eigenvalue weighted by Crippen LogP contribution is 2.24. The van der Waals surface area contributed by atoms with Gasteiger partial charge in [-0.05, 0) is 43.2 Å². The van der Waals surface area contributed by atoms with Gasteiger partial charge < -0.3 is 5.32 Å². The van der Waals surface area contributed by atoms with Gasteiger partial charge in [-0.2, -0.15) is 4.52 Å². The molecule has 0 radical (unpaired) electrons. The Bertz CT molecular complexity index is 1120. The van der Waals surface area contributed by atoms with Crippen LogP contribution in [0.25, 0.3) is 16.6 Å². The van der Waals surface area contributed by atoms with E-state index in [1.54, 1.807) is 4.52 Å². The molecule has 0 aliphatic carbocycles. The molecule has 0 unspecified atom stereocenters. The summed E-state index contributed by atoms with van der Waals surface area (Å²) in [6.45, 7) is 3.95. The van der Waals surface area contributed by atoms with Crippen molar-refractivity contribution < 1.29 is 4.79 Å². The minimum atomic E-state index is -0.0794. The van der Waals surface area contributed by atoms with Gasteiger partial charge in [-0.3, -0.25) is 4.79 Å². The number of aromatic nitrogens is 4. The number of para-hydroxylation sites is 1. The Balaban J connectivity index is 1.54. The van der Waals surface area contributed by atoms with Crippen LogP contribution < -0.4 is 5.32 Å². The Morgan fingerprint density at radius 2 is 1.89 bits per heavy atom. The molecule has 0 fully saturated rings. The van der Waals surface area contributed by atoms with Gasteiger partial charge in [-0.1, -0.05) is 43.0 Å². The number of hydrogen-bond acceptors (Lipinski definition) is 5. The van der Waals surface area contributed by atoms with E-state index in [-0.39, 0.29) is 11.7 Å². The van der Waals surface area contributed by atoms with Crippen LogP contribution in [0.4, 0.5) is 5.69 Å². The number of nitrogens with zero attached hydrogens (tertiary/aromatic N) is 4. The van der Waals surface area contributed by atoms with E-state index in [4.69, 9.17) is 0 Å². The minimum absolute atomic E-state index is 0.0794. The number of fused-ring (bicyclic) bond motifs is 3. The van der Waals surface area contributed by atoms with Gasteiger partial charge in [-0.25, -0.2) is 9.97 Å². The topological polar surface area (TPSA) is 72.2 Å². The maximum absolute atomic E-state index is 12.3. The fourth-order valence-corrected chi connectivity index (χ4v) is 3.62. The maximum atomic E-state index is 12.3. The summed E-state index contributed by atoms with van der Waals surface area (Å²) in [7, 11) is 0. The van der Waals surface area contributed by atoms with Crippen molar-refractivity contribution in [3.63, 3.8) is 0 Å². The number of thioether (sulfide) groups is 1. The molecule has 27 heavy (non-hydrogen) atoms. The summed E-state index contributed by atoms with van der Waals surface area (Å²) >= 11 is 1.35. The number of anilines is 1. The van der Waals surface area contributed by atoms with Crippen LogP contribution in [0.15, 0.2) is 53.7 Å². The third-order valence-corrected chi connectivity index (χ3v) is 5.16. The second kappa shape index (κ2) is 7.36. The van der Waals surface area contributed by atoms with Crippen LogP contribution >= 0.6 is 11.8 Å². The number of rotatable bonds is 5. The Kier molecular flexibility index (Phi) is 4.77. The predicted molar refractivity (Wildman–Crippen MR) is 108 cm³/mol. The molecule has 2 aromatic heterocycles. The van der Waals surface area contributed by atoms with Crippen molar-refractivity contribution in [3.8, 4) is 0 Å². The monoisotopic (exact) mass is 377 g/mol. The zero-order valence-electron chi connectivity index (χ0n) is 15.1. The molecule has 0 saturated heterocycles. The van der Waals surface area contributed by atoms with Crippen molar-refractivity contribution in [3.05, 3.63) is 59.9 Å². The molecule has 0 bridgehead atoms. The summed E-state index contributed by atoms with van der Waals surface area (Å²) in [4.78, 5) is 21.5. The summed E-state index contributed by atoms with van der Waals surface area (Å²) in [5.41, 5.74) is 3.64. The lowest BCUT2D eigenvalue weighted by Gasteiger charge is -2.07. The third kappa shape index (κ3) is 3.64. The lowest BCUT2D eigenvalue weighted by molar-refractivity contribution is -0.113. The fourth-order valence-electron chi connectivity index (χ4n) is 2.88. The second-order valence-corrected chi connectivity index (χ2v) is 7.14. The molecule has 0 spiro atoms. The molecule has 0 aliphatic heterocycles. The van der Waals surface area contributed by atoms with Crippen LogP contribution in [0.2, 0.25) is 0 Å². The molecule has 2 aromatic carbocycles. The SMILES string of the molecule is CCc1ccc(NC(=O)CSc2nc3ccccc3c3nc(C)nn23)cc1. The lowest BCUT2D eigenvalue weighted by atomic mass is 10.1. The highest BCUT2D eigenvalue weighted by atomic mass is 32.2. The third-order valence-electron chi connectivity index (χ3n) is 4.23. The quantitative estimate of drug-likeness (QED) is 0.422. The van der Waals surface area contributed by atoms with Crippen LogP contribution in [0.1, 0.15) is 18.3 Å². The number of nitrogens with one attached hydrogen (secondary N) is 1. The summed E-state index contributed by atoms with van der Waals surface area (Å²) < 4.78 is 1.71. The van der Waals surface area contributed by atoms with Gasteiger partial charge in [0.1, 0.15) is 5.82 Å². The first-order valence-corrected chi connectivity index (χ1v) is 9.76. The average Bonchev–Trinajstić information content (AvgIpc) is 3.08. The van der Waals surface area contributed by atoms with Crippen LogP contribution in [0, 0.1) is 6.92 Å². The molecule has 7 heteroatoms. The molecule has 0 aliphatic rings. The standard InChI is InChI=1S/C20H19N5OS/c1-3-14-8-10-15(11-9-14)22-18(26)12-27-20-23-17-7-5-4-6-16(17)19-21-13(2)24-25(19)20/h4-11H,3,12H2,1-2H3,(H,22,26). The second-order valence-electron chi connectivity index (χ2n) is 6.19. The van der Waals surface area contributed by atoms with E-state index in [2.05, 4.69) is 27.3 Å². The molecule has 4 aromatic rings. The van der Waals surface area contributed by atoms with E-state index in [1.165, 1.54) is 17.3 Å². The van der Waals surface area contributed by atoms with Gasteiger partial charge in [0.05, 0.1) is 11.3 Å². The van der Waals surface area contributed by atoms with Crippen LogP contribution in [-0.4, -0.2) is 31.2 Å². The number of benzene rings is 2. The van der Waals surface area contributed by atoms with E-state index in [0.717, 1.165) is 28.7 Å². The van der Waals surface area contributed by atoms with Crippen molar-refractivity contribution in [2.45, 2.75) is 25.4 Å². The van der Waals surface area contributed by atoms with E-state index < -0.39 is 0 Å². The minimum Gasteiger partial charge on any atom is -0.325 e. The molecule has 4 rings (SSSR count). The fraction of sp³-hybridized carbons (Fsp3) is 0.200. The van der Waals surface area contributed by atoms with Crippen molar-refractivity contribution in [1.29, 1.82) is 0 Å². The first kappa shape index (κ1) is 17.5. The van der Waals surface area contributed by atoms with E-state index in [1.807, 2.05) is 55.5 Å². The summed E-state index contributed by atoms with van der Waals surface area (Å²) in [5, 5.41) is 8.96. The largest absolute Gasteiger partial charge is 0.325 e. The highest BCUT2D eigenvalue weighted by Gasteiger charge is 2.13. The Hall–Kier alpha value is -2.93. The molecular weight excluding hydrogens is 358 g/mol. The highest BCUT2D eigenvalue weighted by molar-refractivity contribution is 7.99.